The predicted molar refractivity (Wildman–Crippen MR) is 125 cm³/mol. The summed E-state index contributed by atoms with van der Waals surface area (Å²) in [4.78, 5) is 30.9. The van der Waals surface area contributed by atoms with Gasteiger partial charge in [-0.15, -0.1) is 0 Å². The number of hydrogen-bond acceptors (Lipinski definition) is 5. The van der Waals surface area contributed by atoms with E-state index >= 15 is 0 Å². The molecule has 0 radical (unpaired) electrons. The number of allylic oxidation sites excluding steroid dienone is 2. The molecule has 8 heteroatoms. The molecule has 0 aliphatic carbocycles. The van der Waals surface area contributed by atoms with Crippen molar-refractivity contribution in [2.24, 2.45) is 0 Å². The molecule has 1 fully saturated rings. The number of hydrogen-bond donors (Lipinski definition) is 2. The van der Waals surface area contributed by atoms with Crippen LogP contribution in [-0.4, -0.2) is 60.8 Å². The van der Waals surface area contributed by atoms with Gasteiger partial charge in [-0.3, -0.25) is 9.59 Å². The number of ether oxygens (including phenoxy) is 2. The number of carbonyl (C=O) groups is 1. The van der Waals surface area contributed by atoms with Crippen molar-refractivity contribution in [1.82, 2.24) is 19.8 Å². The van der Waals surface area contributed by atoms with Gasteiger partial charge >= 0.3 is 0 Å². The summed E-state index contributed by atoms with van der Waals surface area (Å²) in [6.45, 7) is 5.19. The molecule has 3 aromatic rings. The normalized spacial score (nSPS) is 14.3. The maximum atomic E-state index is 13.2. The number of piperazine rings is 1. The summed E-state index contributed by atoms with van der Waals surface area (Å²) in [6, 6.07) is 5.43. The van der Waals surface area contributed by atoms with Crippen molar-refractivity contribution in [3.8, 4) is 22.6 Å². The molecule has 1 amide bonds. The Morgan fingerprint density at radius 3 is 2.56 bits per heavy atom. The van der Waals surface area contributed by atoms with Crippen LogP contribution in [0.2, 0.25) is 0 Å². The third-order valence-corrected chi connectivity index (χ3v) is 5.78. The highest BCUT2D eigenvalue weighted by atomic mass is 16.5. The van der Waals surface area contributed by atoms with Gasteiger partial charge in [0.15, 0.2) is 0 Å². The van der Waals surface area contributed by atoms with E-state index in [2.05, 4.69) is 10.3 Å². The van der Waals surface area contributed by atoms with Gasteiger partial charge in [-0.05, 0) is 25.1 Å². The molecule has 2 aromatic heterocycles. The lowest BCUT2D eigenvalue weighted by Gasteiger charge is -2.28. The molecule has 1 aliphatic heterocycles. The Labute approximate surface area is 186 Å². The summed E-state index contributed by atoms with van der Waals surface area (Å²) in [5, 5.41) is 4.04. The summed E-state index contributed by atoms with van der Waals surface area (Å²) >= 11 is 0. The third kappa shape index (κ3) is 3.89. The molecule has 168 valence electrons. The third-order valence-electron chi connectivity index (χ3n) is 5.78. The summed E-state index contributed by atoms with van der Waals surface area (Å²) in [5.41, 5.74) is 2.46. The number of fused-ring (bicyclic) bond motifs is 1. The van der Waals surface area contributed by atoms with Crippen LogP contribution in [0.3, 0.4) is 0 Å². The fourth-order valence-corrected chi connectivity index (χ4v) is 4.08. The van der Waals surface area contributed by atoms with Gasteiger partial charge in [-0.1, -0.05) is 12.2 Å². The minimum atomic E-state index is -0.0942. The van der Waals surface area contributed by atoms with Crippen molar-refractivity contribution in [3.05, 3.63) is 58.7 Å². The van der Waals surface area contributed by atoms with Crippen LogP contribution < -0.4 is 20.3 Å². The van der Waals surface area contributed by atoms with Crippen molar-refractivity contribution in [1.29, 1.82) is 0 Å². The van der Waals surface area contributed by atoms with Crippen LogP contribution in [0.4, 0.5) is 0 Å². The molecule has 0 saturated carbocycles. The number of nitrogens with zero attached hydrogens (tertiary/aromatic N) is 2. The second kappa shape index (κ2) is 9.32. The van der Waals surface area contributed by atoms with E-state index in [0.29, 0.717) is 42.2 Å². The van der Waals surface area contributed by atoms with Gasteiger partial charge in [0.05, 0.1) is 19.8 Å². The standard InChI is InChI=1S/C24H28N4O4/c1-4-5-10-28-15-19(16-6-7-26-22(16)24(28)30)17-13-21(32-3)18(14-20(17)31-2)23(29)27-11-8-25-9-12-27/h4-7,13-15,25-26H,8-12H2,1-3H3/b5-4+. The van der Waals surface area contributed by atoms with Gasteiger partial charge in [-0.2, -0.15) is 0 Å². The minimum absolute atomic E-state index is 0.0851. The van der Waals surface area contributed by atoms with E-state index < -0.39 is 0 Å². The predicted octanol–water partition coefficient (Wildman–Crippen LogP) is 2.64. The van der Waals surface area contributed by atoms with Crippen molar-refractivity contribution in [2.75, 3.05) is 40.4 Å². The van der Waals surface area contributed by atoms with Crippen LogP contribution in [0.5, 0.6) is 11.5 Å². The fraction of sp³-hybridized carbons (Fsp3) is 0.333. The maximum Gasteiger partial charge on any atom is 0.275 e. The first-order valence-electron chi connectivity index (χ1n) is 10.7. The zero-order valence-corrected chi connectivity index (χ0v) is 18.6. The zero-order valence-electron chi connectivity index (χ0n) is 18.6. The average Bonchev–Trinajstić information content (AvgIpc) is 3.33. The van der Waals surface area contributed by atoms with Crippen LogP contribution in [-0.2, 0) is 6.54 Å². The number of nitrogens with one attached hydrogen (secondary N) is 2. The number of aromatic amines is 1. The van der Waals surface area contributed by atoms with E-state index in [1.54, 1.807) is 31.0 Å². The van der Waals surface area contributed by atoms with Crippen molar-refractivity contribution in [3.63, 3.8) is 0 Å². The van der Waals surface area contributed by atoms with Crippen LogP contribution in [0, 0.1) is 0 Å². The zero-order chi connectivity index (χ0) is 22.7. The Kier molecular flexibility index (Phi) is 6.32. The molecular formula is C24H28N4O4. The van der Waals surface area contributed by atoms with E-state index in [-0.39, 0.29) is 11.5 Å². The highest BCUT2D eigenvalue weighted by Crippen LogP contribution is 2.39. The number of amides is 1. The second-order valence-corrected chi connectivity index (χ2v) is 7.63. The van der Waals surface area contributed by atoms with Gasteiger partial charge < -0.3 is 29.2 Å². The fourth-order valence-electron chi connectivity index (χ4n) is 4.08. The van der Waals surface area contributed by atoms with Crippen molar-refractivity contribution >= 4 is 16.8 Å². The van der Waals surface area contributed by atoms with Crippen LogP contribution in [0.1, 0.15) is 17.3 Å². The van der Waals surface area contributed by atoms with Crippen LogP contribution in [0.25, 0.3) is 22.0 Å². The number of methoxy groups -OCH3 is 2. The Hall–Kier alpha value is -3.52. The van der Waals surface area contributed by atoms with Crippen molar-refractivity contribution < 1.29 is 14.3 Å². The first-order chi connectivity index (χ1) is 15.6. The largest absolute Gasteiger partial charge is 0.496 e. The molecule has 3 heterocycles. The highest BCUT2D eigenvalue weighted by Gasteiger charge is 2.25. The molecule has 1 aromatic carbocycles. The van der Waals surface area contributed by atoms with E-state index in [0.717, 1.165) is 29.6 Å². The molecular weight excluding hydrogens is 408 g/mol. The highest BCUT2D eigenvalue weighted by molar-refractivity contribution is 6.01. The molecule has 1 aliphatic rings. The number of rotatable bonds is 6. The van der Waals surface area contributed by atoms with E-state index in [1.807, 2.05) is 42.3 Å². The minimum Gasteiger partial charge on any atom is -0.496 e. The second-order valence-electron chi connectivity index (χ2n) is 7.63. The van der Waals surface area contributed by atoms with Gasteiger partial charge in [0.2, 0.25) is 0 Å². The van der Waals surface area contributed by atoms with Crippen LogP contribution in [0.15, 0.2) is 47.5 Å². The average molecular weight is 437 g/mol. The summed E-state index contributed by atoms with van der Waals surface area (Å²) < 4.78 is 13.0. The lowest BCUT2D eigenvalue weighted by molar-refractivity contribution is 0.0732. The summed E-state index contributed by atoms with van der Waals surface area (Å²) in [6.07, 6.45) is 7.41. The smallest absolute Gasteiger partial charge is 0.275 e. The molecule has 0 unspecified atom stereocenters. The van der Waals surface area contributed by atoms with Gasteiger partial charge in [-0.25, -0.2) is 0 Å². The van der Waals surface area contributed by atoms with E-state index in [4.69, 9.17) is 9.47 Å². The Bertz CT molecular complexity index is 1220. The molecule has 4 rings (SSSR count). The van der Waals surface area contributed by atoms with Gasteiger partial charge in [0, 0.05) is 61.6 Å². The van der Waals surface area contributed by atoms with Crippen LogP contribution >= 0.6 is 0 Å². The molecule has 0 atom stereocenters. The SMILES string of the molecule is C/C=C/Cn1cc(-c2cc(OC)c(C(=O)N3CCNCC3)cc2OC)c2cc[nH]c2c1=O. The number of pyridine rings is 1. The Morgan fingerprint density at radius 1 is 1.12 bits per heavy atom. The molecule has 32 heavy (non-hydrogen) atoms. The van der Waals surface area contributed by atoms with E-state index in [1.165, 1.54) is 0 Å². The van der Waals surface area contributed by atoms with Gasteiger partial charge in [0.25, 0.3) is 11.5 Å². The first-order valence-corrected chi connectivity index (χ1v) is 10.7. The number of carbonyl (C=O) groups excluding carboxylic acids is 1. The lowest BCUT2D eigenvalue weighted by Crippen LogP contribution is -2.46. The summed E-state index contributed by atoms with van der Waals surface area (Å²) in [7, 11) is 3.13. The summed E-state index contributed by atoms with van der Waals surface area (Å²) in [5.74, 6) is 0.931. The topological polar surface area (TPSA) is 88.6 Å². The molecule has 0 spiro atoms. The first kappa shape index (κ1) is 21.7. The Morgan fingerprint density at radius 2 is 1.88 bits per heavy atom. The van der Waals surface area contributed by atoms with Gasteiger partial charge in [0.1, 0.15) is 17.0 Å². The maximum absolute atomic E-state index is 13.2. The molecule has 0 bridgehead atoms. The Balaban J connectivity index is 1.88. The van der Waals surface area contributed by atoms with Crippen molar-refractivity contribution in [2.45, 2.75) is 13.5 Å². The quantitative estimate of drug-likeness (QED) is 0.580. The van der Waals surface area contributed by atoms with E-state index in [9.17, 15) is 9.59 Å². The molecule has 8 nitrogen and oxygen atoms in total. The number of aromatic nitrogens is 2. The lowest BCUT2D eigenvalue weighted by atomic mass is 9.99. The number of H-pyrrole nitrogens is 1. The number of benzene rings is 1. The monoisotopic (exact) mass is 436 g/mol. The molecule has 1 saturated heterocycles. The molecule has 2 N–H and O–H groups in total.